The highest BCUT2D eigenvalue weighted by atomic mass is 35.5. The lowest BCUT2D eigenvalue weighted by Crippen LogP contribution is -2.30. The molecule has 1 unspecified atom stereocenters. The van der Waals surface area contributed by atoms with Gasteiger partial charge in [0, 0.05) is 11.1 Å². The molecule has 0 saturated heterocycles. The van der Waals surface area contributed by atoms with Crippen molar-refractivity contribution < 1.29 is 9.13 Å². The molecule has 2 aromatic carbocycles. The lowest BCUT2D eigenvalue weighted by Gasteiger charge is -2.22. The normalized spacial score (nSPS) is 12.3. The summed E-state index contributed by atoms with van der Waals surface area (Å²) in [6.45, 7) is 3.95. The zero-order valence-electron chi connectivity index (χ0n) is 12.2. The average molecular weight is 309 g/mol. The fraction of sp³-hybridized carbons (Fsp3) is 0.250. The summed E-state index contributed by atoms with van der Waals surface area (Å²) in [5.74, 6) is 5.86. The third kappa shape index (κ3) is 2.88. The Kier molecular flexibility index (Phi) is 4.83. The van der Waals surface area contributed by atoms with Crippen LogP contribution in [0.25, 0.3) is 0 Å². The molecule has 3 nitrogen and oxygen atoms in total. The van der Waals surface area contributed by atoms with E-state index < -0.39 is 11.9 Å². The first-order chi connectivity index (χ1) is 10.0. The van der Waals surface area contributed by atoms with Crippen molar-refractivity contribution in [3.05, 3.63) is 63.4 Å². The molecule has 2 rings (SSSR count). The van der Waals surface area contributed by atoms with Gasteiger partial charge < -0.3 is 4.74 Å². The number of aryl methyl sites for hydroxylation is 1. The Bertz CT molecular complexity index is 661. The largest absolute Gasteiger partial charge is 0.496 e. The number of ether oxygens (including phenoxy) is 1. The van der Waals surface area contributed by atoms with Crippen LogP contribution in [0, 0.1) is 19.7 Å². The van der Waals surface area contributed by atoms with E-state index in [4.69, 9.17) is 22.2 Å². The summed E-state index contributed by atoms with van der Waals surface area (Å²) in [6.07, 6.45) is 0. The second kappa shape index (κ2) is 6.43. The van der Waals surface area contributed by atoms with Crippen molar-refractivity contribution in [3.8, 4) is 5.75 Å². The van der Waals surface area contributed by atoms with Crippen molar-refractivity contribution >= 4 is 11.6 Å². The third-order valence-electron chi connectivity index (χ3n) is 3.68. The van der Waals surface area contributed by atoms with Crippen LogP contribution in [0.5, 0.6) is 5.75 Å². The standard InChI is InChI=1S/C16H18ClFN2O/c1-9-7-8-12(16(21-3)10(9)2)15(20-19)11-5-4-6-13(17)14(11)18/h4-8,15,20H,19H2,1-3H3. The Hall–Kier alpha value is -1.62. The van der Waals surface area contributed by atoms with Gasteiger partial charge >= 0.3 is 0 Å². The van der Waals surface area contributed by atoms with Gasteiger partial charge in [-0.05, 0) is 31.0 Å². The molecule has 2 aromatic rings. The second-order valence-electron chi connectivity index (χ2n) is 4.87. The molecule has 0 aliphatic heterocycles. The number of rotatable bonds is 4. The summed E-state index contributed by atoms with van der Waals surface area (Å²) in [5, 5.41) is 0.0653. The third-order valence-corrected chi connectivity index (χ3v) is 3.97. The van der Waals surface area contributed by atoms with Gasteiger partial charge in [-0.1, -0.05) is 35.9 Å². The number of methoxy groups -OCH3 is 1. The molecule has 0 saturated carbocycles. The van der Waals surface area contributed by atoms with Crippen molar-refractivity contribution in [3.63, 3.8) is 0 Å². The smallest absolute Gasteiger partial charge is 0.146 e. The highest BCUT2D eigenvalue weighted by molar-refractivity contribution is 6.30. The summed E-state index contributed by atoms with van der Waals surface area (Å²) < 4.78 is 19.8. The lowest BCUT2D eigenvalue weighted by atomic mass is 9.94. The van der Waals surface area contributed by atoms with Crippen molar-refractivity contribution in [1.29, 1.82) is 0 Å². The molecule has 0 spiro atoms. The molecule has 0 fully saturated rings. The number of nitrogens with two attached hydrogens (primary N) is 1. The highest BCUT2D eigenvalue weighted by Gasteiger charge is 2.22. The van der Waals surface area contributed by atoms with Crippen molar-refractivity contribution in [2.24, 2.45) is 5.84 Å². The molecule has 0 amide bonds. The number of nitrogens with one attached hydrogen (secondary N) is 1. The van der Waals surface area contributed by atoms with Crippen LogP contribution in [0.3, 0.4) is 0 Å². The maximum absolute atomic E-state index is 14.3. The summed E-state index contributed by atoms with van der Waals surface area (Å²) in [7, 11) is 1.59. The maximum atomic E-state index is 14.3. The zero-order valence-corrected chi connectivity index (χ0v) is 13.0. The molecule has 0 aliphatic rings. The van der Waals surface area contributed by atoms with E-state index in [0.29, 0.717) is 11.3 Å². The number of hydrogen-bond donors (Lipinski definition) is 2. The molecular formula is C16H18ClFN2O. The van der Waals surface area contributed by atoms with Crippen molar-refractivity contribution in [2.45, 2.75) is 19.9 Å². The Labute approximate surface area is 128 Å². The van der Waals surface area contributed by atoms with Crippen LogP contribution < -0.4 is 16.0 Å². The first-order valence-corrected chi connectivity index (χ1v) is 6.93. The van der Waals surface area contributed by atoms with E-state index in [1.54, 1.807) is 19.2 Å². The monoisotopic (exact) mass is 308 g/mol. The topological polar surface area (TPSA) is 47.3 Å². The fourth-order valence-corrected chi connectivity index (χ4v) is 2.58. The van der Waals surface area contributed by atoms with Gasteiger partial charge in [0.05, 0.1) is 18.2 Å². The van der Waals surface area contributed by atoms with Crippen LogP contribution in [0.15, 0.2) is 30.3 Å². The van der Waals surface area contributed by atoms with Crippen LogP contribution in [0.1, 0.15) is 28.3 Å². The number of benzene rings is 2. The lowest BCUT2D eigenvalue weighted by molar-refractivity contribution is 0.400. The van der Waals surface area contributed by atoms with Gasteiger partial charge in [-0.3, -0.25) is 5.84 Å². The molecule has 3 N–H and O–H groups in total. The molecule has 112 valence electrons. The Morgan fingerprint density at radius 2 is 1.90 bits per heavy atom. The van der Waals surface area contributed by atoms with E-state index in [-0.39, 0.29) is 5.02 Å². The van der Waals surface area contributed by atoms with Crippen molar-refractivity contribution in [1.82, 2.24) is 5.43 Å². The molecule has 0 aromatic heterocycles. The minimum Gasteiger partial charge on any atom is -0.496 e. The maximum Gasteiger partial charge on any atom is 0.146 e. The van der Waals surface area contributed by atoms with Crippen LogP contribution in [0.4, 0.5) is 4.39 Å². The van der Waals surface area contributed by atoms with Gasteiger partial charge in [0.15, 0.2) is 0 Å². The van der Waals surface area contributed by atoms with E-state index in [1.807, 2.05) is 26.0 Å². The van der Waals surface area contributed by atoms with Crippen LogP contribution in [-0.4, -0.2) is 7.11 Å². The highest BCUT2D eigenvalue weighted by Crippen LogP contribution is 2.35. The Morgan fingerprint density at radius 3 is 2.52 bits per heavy atom. The van der Waals surface area contributed by atoms with Gasteiger partial charge in [0.2, 0.25) is 0 Å². The van der Waals surface area contributed by atoms with Gasteiger partial charge in [-0.2, -0.15) is 0 Å². The Balaban J connectivity index is 2.62. The fourth-order valence-electron chi connectivity index (χ4n) is 2.40. The summed E-state index contributed by atoms with van der Waals surface area (Å²) >= 11 is 5.86. The van der Waals surface area contributed by atoms with Crippen LogP contribution in [-0.2, 0) is 0 Å². The van der Waals surface area contributed by atoms with Gasteiger partial charge in [-0.25, -0.2) is 9.82 Å². The molecular weight excluding hydrogens is 291 g/mol. The number of hydrazine groups is 1. The molecule has 0 radical (unpaired) electrons. The molecule has 0 bridgehead atoms. The van der Waals surface area contributed by atoms with Gasteiger partial charge in [0.25, 0.3) is 0 Å². The van der Waals surface area contributed by atoms with E-state index in [2.05, 4.69) is 5.43 Å². The molecule has 0 heterocycles. The Morgan fingerprint density at radius 1 is 1.19 bits per heavy atom. The van der Waals surface area contributed by atoms with E-state index in [9.17, 15) is 4.39 Å². The van der Waals surface area contributed by atoms with E-state index >= 15 is 0 Å². The van der Waals surface area contributed by atoms with Crippen LogP contribution in [0.2, 0.25) is 5.02 Å². The summed E-state index contributed by atoms with van der Waals surface area (Å²) in [5.41, 5.74) is 5.89. The van der Waals surface area contributed by atoms with Crippen LogP contribution >= 0.6 is 11.6 Å². The number of hydrogen-bond acceptors (Lipinski definition) is 3. The first kappa shape index (κ1) is 15.8. The van der Waals surface area contributed by atoms with Gasteiger partial charge in [-0.15, -0.1) is 0 Å². The van der Waals surface area contributed by atoms with E-state index in [0.717, 1.165) is 16.7 Å². The minimum atomic E-state index is -0.544. The molecule has 5 heteroatoms. The zero-order chi connectivity index (χ0) is 15.6. The molecule has 1 atom stereocenters. The molecule has 21 heavy (non-hydrogen) atoms. The SMILES string of the molecule is COc1c(C(NN)c2cccc(Cl)c2F)ccc(C)c1C. The summed E-state index contributed by atoms with van der Waals surface area (Å²) in [6, 6.07) is 8.15. The number of halogens is 2. The van der Waals surface area contributed by atoms with E-state index in [1.165, 1.54) is 6.07 Å². The average Bonchev–Trinajstić information content (AvgIpc) is 2.48. The predicted molar refractivity (Wildman–Crippen MR) is 83.0 cm³/mol. The minimum absolute atomic E-state index is 0.0653. The molecule has 0 aliphatic carbocycles. The quantitative estimate of drug-likeness (QED) is 0.669. The second-order valence-corrected chi connectivity index (χ2v) is 5.28. The predicted octanol–water partition coefficient (Wildman–Crippen LogP) is 3.66. The van der Waals surface area contributed by atoms with Gasteiger partial charge in [0.1, 0.15) is 11.6 Å². The van der Waals surface area contributed by atoms with Crippen molar-refractivity contribution in [2.75, 3.05) is 7.11 Å². The summed E-state index contributed by atoms with van der Waals surface area (Å²) in [4.78, 5) is 0. The first-order valence-electron chi connectivity index (χ1n) is 6.55.